The number of hydrogen-bond donors (Lipinski definition) is 1. The summed E-state index contributed by atoms with van der Waals surface area (Å²) in [6, 6.07) is 5.25. The number of carbonyl (C=O) groups is 2. The molecule has 2 rings (SSSR count). The van der Waals surface area contributed by atoms with E-state index >= 15 is 0 Å². The quantitative estimate of drug-likeness (QED) is 0.790. The fourth-order valence-electron chi connectivity index (χ4n) is 2.05. The van der Waals surface area contributed by atoms with Gasteiger partial charge in [-0.1, -0.05) is 6.07 Å². The smallest absolute Gasteiger partial charge is 0.407 e. The average Bonchev–Trinajstić information content (AvgIpc) is 2.39. The molecule has 0 bridgehead atoms. The Kier molecular flexibility index (Phi) is 3.37. The lowest BCUT2D eigenvalue weighted by molar-refractivity contribution is 0.0816. The lowest BCUT2D eigenvalue weighted by Crippen LogP contribution is -2.39. The second-order valence-corrected chi connectivity index (χ2v) is 4.12. The van der Waals surface area contributed by atoms with Crippen molar-refractivity contribution in [2.75, 3.05) is 13.1 Å². The molecule has 0 saturated carbocycles. The van der Waals surface area contributed by atoms with Crippen LogP contribution in [-0.4, -0.2) is 40.0 Å². The Labute approximate surface area is 99.1 Å². The Morgan fingerprint density at radius 1 is 1.29 bits per heavy atom. The summed E-state index contributed by atoms with van der Waals surface area (Å²) in [5.74, 6) is -0.0730. The molecule has 0 atom stereocenters. The zero-order valence-corrected chi connectivity index (χ0v) is 9.37. The molecule has 2 heterocycles. The van der Waals surface area contributed by atoms with Crippen LogP contribution in [0.2, 0.25) is 0 Å². The summed E-state index contributed by atoms with van der Waals surface area (Å²) in [6.45, 7) is 0.858. The van der Waals surface area contributed by atoms with Crippen LogP contribution >= 0.6 is 0 Å². The van der Waals surface area contributed by atoms with Crippen LogP contribution in [0.25, 0.3) is 0 Å². The van der Waals surface area contributed by atoms with E-state index in [-0.39, 0.29) is 11.7 Å². The molecule has 5 heteroatoms. The highest BCUT2D eigenvalue weighted by atomic mass is 16.4. The first kappa shape index (κ1) is 11.6. The van der Waals surface area contributed by atoms with Gasteiger partial charge in [-0.2, -0.15) is 0 Å². The normalized spacial score (nSPS) is 16.8. The van der Waals surface area contributed by atoms with E-state index in [1.165, 1.54) is 4.90 Å². The van der Waals surface area contributed by atoms with Gasteiger partial charge in [-0.3, -0.25) is 9.78 Å². The Balaban J connectivity index is 1.98. The number of hydrogen-bond acceptors (Lipinski definition) is 3. The molecule has 0 unspecified atom stereocenters. The summed E-state index contributed by atoms with van der Waals surface area (Å²) in [7, 11) is 0. The van der Waals surface area contributed by atoms with Gasteiger partial charge in [0, 0.05) is 25.2 Å². The van der Waals surface area contributed by atoms with Crippen LogP contribution in [0.4, 0.5) is 4.79 Å². The monoisotopic (exact) mass is 234 g/mol. The van der Waals surface area contributed by atoms with Crippen LogP contribution in [0.5, 0.6) is 0 Å². The first-order valence-electron chi connectivity index (χ1n) is 5.61. The van der Waals surface area contributed by atoms with Crippen LogP contribution < -0.4 is 0 Å². The van der Waals surface area contributed by atoms with Crippen molar-refractivity contribution in [1.29, 1.82) is 0 Å². The van der Waals surface area contributed by atoms with E-state index in [0.29, 0.717) is 31.6 Å². The molecule has 1 N–H and O–H groups in total. The molecule has 0 radical (unpaired) electrons. The van der Waals surface area contributed by atoms with Crippen molar-refractivity contribution in [1.82, 2.24) is 9.88 Å². The van der Waals surface area contributed by atoms with Gasteiger partial charge in [-0.15, -0.1) is 0 Å². The molecule has 1 fully saturated rings. The lowest BCUT2D eigenvalue weighted by atomic mass is 9.91. The summed E-state index contributed by atoms with van der Waals surface area (Å²) in [4.78, 5) is 28.2. The van der Waals surface area contributed by atoms with Gasteiger partial charge in [0.2, 0.25) is 0 Å². The second kappa shape index (κ2) is 4.95. The van der Waals surface area contributed by atoms with Gasteiger partial charge >= 0.3 is 6.09 Å². The van der Waals surface area contributed by atoms with Crippen molar-refractivity contribution >= 4 is 11.9 Å². The van der Waals surface area contributed by atoms with E-state index in [1.54, 1.807) is 24.4 Å². The number of pyridine rings is 1. The maximum atomic E-state index is 12.0. The maximum Gasteiger partial charge on any atom is 0.407 e. The van der Waals surface area contributed by atoms with Gasteiger partial charge in [-0.25, -0.2) is 4.79 Å². The molecule has 0 aromatic carbocycles. The molecule has 1 saturated heterocycles. The van der Waals surface area contributed by atoms with Crippen LogP contribution in [0.1, 0.15) is 23.3 Å². The summed E-state index contributed by atoms with van der Waals surface area (Å²) in [5.41, 5.74) is 0.473. The molecule has 1 amide bonds. The van der Waals surface area contributed by atoms with Crippen LogP contribution in [0.15, 0.2) is 24.4 Å². The molecule has 1 aliphatic rings. The van der Waals surface area contributed by atoms with E-state index in [1.807, 2.05) is 0 Å². The molecule has 90 valence electrons. The first-order valence-corrected chi connectivity index (χ1v) is 5.61. The van der Waals surface area contributed by atoms with Crippen molar-refractivity contribution in [3.8, 4) is 0 Å². The SMILES string of the molecule is O=C(c1ccccn1)C1CCN(C(=O)O)CC1. The predicted molar refractivity (Wildman–Crippen MR) is 60.9 cm³/mol. The number of Topliss-reactive ketones (excluding diaryl/α,β-unsaturated/α-hetero) is 1. The first-order chi connectivity index (χ1) is 8.18. The summed E-state index contributed by atoms with van der Waals surface area (Å²) in [5, 5.41) is 8.81. The van der Waals surface area contributed by atoms with Gasteiger partial charge in [0.25, 0.3) is 0 Å². The molecule has 0 spiro atoms. The lowest BCUT2D eigenvalue weighted by Gasteiger charge is -2.28. The molecular weight excluding hydrogens is 220 g/mol. The number of nitrogens with zero attached hydrogens (tertiary/aromatic N) is 2. The minimum absolute atomic E-state index is 0.0237. The van der Waals surface area contributed by atoms with E-state index in [9.17, 15) is 9.59 Å². The Bertz CT molecular complexity index is 411. The summed E-state index contributed by atoms with van der Waals surface area (Å²) < 4.78 is 0. The van der Waals surface area contributed by atoms with Crippen molar-refractivity contribution < 1.29 is 14.7 Å². The number of ketones is 1. The van der Waals surface area contributed by atoms with E-state index in [4.69, 9.17) is 5.11 Å². The van der Waals surface area contributed by atoms with E-state index < -0.39 is 6.09 Å². The van der Waals surface area contributed by atoms with E-state index in [2.05, 4.69) is 4.98 Å². The number of carbonyl (C=O) groups excluding carboxylic acids is 1. The number of carboxylic acid groups (broad SMARTS) is 1. The van der Waals surface area contributed by atoms with Gasteiger partial charge in [0.1, 0.15) is 5.69 Å². The Morgan fingerprint density at radius 3 is 2.53 bits per heavy atom. The third-order valence-corrected chi connectivity index (χ3v) is 3.05. The number of amides is 1. The summed E-state index contributed by atoms with van der Waals surface area (Å²) >= 11 is 0. The van der Waals surface area contributed by atoms with Crippen LogP contribution in [0.3, 0.4) is 0 Å². The van der Waals surface area contributed by atoms with Crippen molar-refractivity contribution in [2.45, 2.75) is 12.8 Å². The van der Waals surface area contributed by atoms with Gasteiger partial charge in [-0.05, 0) is 25.0 Å². The molecule has 5 nitrogen and oxygen atoms in total. The molecule has 1 aromatic rings. The number of aromatic nitrogens is 1. The second-order valence-electron chi connectivity index (χ2n) is 4.12. The number of rotatable bonds is 2. The highest BCUT2D eigenvalue weighted by Crippen LogP contribution is 2.20. The van der Waals surface area contributed by atoms with Crippen molar-refractivity contribution in [3.05, 3.63) is 30.1 Å². The zero-order valence-electron chi connectivity index (χ0n) is 9.37. The molecular formula is C12H14N2O3. The molecule has 1 aromatic heterocycles. The highest BCUT2D eigenvalue weighted by Gasteiger charge is 2.28. The third-order valence-electron chi connectivity index (χ3n) is 3.05. The maximum absolute atomic E-state index is 12.0. The zero-order chi connectivity index (χ0) is 12.3. The largest absolute Gasteiger partial charge is 0.465 e. The van der Waals surface area contributed by atoms with Gasteiger partial charge in [0.05, 0.1) is 0 Å². The fourth-order valence-corrected chi connectivity index (χ4v) is 2.05. The predicted octanol–water partition coefficient (Wildman–Crippen LogP) is 1.65. The molecule has 1 aliphatic heterocycles. The van der Waals surface area contributed by atoms with Crippen molar-refractivity contribution in [2.24, 2.45) is 5.92 Å². The molecule has 0 aliphatic carbocycles. The van der Waals surface area contributed by atoms with E-state index in [0.717, 1.165) is 0 Å². The highest BCUT2D eigenvalue weighted by molar-refractivity contribution is 5.96. The minimum atomic E-state index is -0.909. The number of piperidine rings is 1. The van der Waals surface area contributed by atoms with Gasteiger partial charge < -0.3 is 10.0 Å². The Hall–Kier alpha value is -1.91. The third kappa shape index (κ3) is 2.61. The van der Waals surface area contributed by atoms with Crippen molar-refractivity contribution in [3.63, 3.8) is 0 Å². The fraction of sp³-hybridized carbons (Fsp3) is 0.417. The topological polar surface area (TPSA) is 70.5 Å². The van der Waals surface area contributed by atoms with Crippen LogP contribution in [0, 0.1) is 5.92 Å². The average molecular weight is 234 g/mol. The number of likely N-dealkylation sites (tertiary alicyclic amines) is 1. The standard InChI is InChI=1S/C12H14N2O3/c15-11(10-3-1-2-6-13-10)9-4-7-14(8-5-9)12(16)17/h1-3,6,9H,4-5,7-8H2,(H,16,17). The van der Waals surface area contributed by atoms with Crippen LogP contribution in [-0.2, 0) is 0 Å². The minimum Gasteiger partial charge on any atom is -0.465 e. The molecule has 17 heavy (non-hydrogen) atoms. The van der Waals surface area contributed by atoms with Gasteiger partial charge in [0.15, 0.2) is 5.78 Å². The summed E-state index contributed by atoms with van der Waals surface area (Å²) in [6.07, 6.45) is 1.86. The Morgan fingerprint density at radius 2 is 2.00 bits per heavy atom.